The zero-order chi connectivity index (χ0) is 13.2. The van der Waals surface area contributed by atoms with Gasteiger partial charge in [-0.15, -0.1) is 11.3 Å². The summed E-state index contributed by atoms with van der Waals surface area (Å²) in [6.45, 7) is 7.16. The van der Waals surface area contributed by atoms with Crippen LogP contribution in [0.2, 0.25) is 0 Å². The topological polar surface area (TPSA) is 79.3 Å². The van der Waals surface area contributed by atoms with E-state index < -0.39 is 11.4 Å². The highest BCUT2D eigenvalue weighted by Crippen LogP contribution is 2.25. The van der Waals surface area contributed by atoms with Crippen LogP contribution in [-0.4, -0.2) is 22.0 Å². The molecule has 1 rings (SSSR count). The van der Waals surface area contributed by atoms with Gasteiger partial charge in [-0.25, -0.2) is 4.98 Å². The minimum atomic E-state index is -0.898. The van der Waals surface area contributed by atoms with Crippen molar-refractivity contribution in [1.29, 1.82) is 0 Å². The van der Waals surface area contributed by atoms with Crippen LogP contribution >= 0.6 is 11.3 Å². The number of aromatic nitrogens is 1. The summed E-state index contributed by atoms with van der Waals surface area (Å²) in [5.74, 6) is -1.03. The van der Waals surface area contributed by atoms with E-state index in [0.717, 1.165) is 0 Å². The zero-order valence-corrected chi connectivity index (χ0v) is 11.1. The minimum Gasteiger partial charge on any atom is -0.481 e. The van der Waals surface area contributed by atoms with Gasteiger partial charge >= 0.3 is 5.97 Å². The molecule has 0 aromatic carbocycles. The molecule has 0 radical (unpaired) electrons. The van der Waals surface area contributed by atoms with Crippen LogP contribution in [0.4, 0.5) is 5.13 Å². The number of nitrogens with one attached hydrogen (secondary N) is 1. The van der Waals surface area contributed by atoms with Crippen LogP contribution in [-0.2, 0) is 16.0 Å². The van der Waals surface area contributed by atoms with Gasteiger partial charge in [-0.05, 0) is 6.92 Å². The molecule has 1 heterocycles. The molecular weight excluding hydrogens is 240 g/mol. The molecule has 0 aliphatic rings. The molecule has 2 N–H and O–H groups in total. The van der Waals surface area contributed by atoms with Gasteiger partial charge in [0.2, 0.25) is 5.91 Å². The van der Waals surface area contributed by atoms with Gasteiger partial charge in [-0.2, -0.15) is 0 Å². The quantitative estimate of drug-likeness (QED) is 0.867. The maximum Gasteiger partial charge on any atom is 0.308 e. The molecule has 1 amide bonds. The van der Waals surface area contributed by atoms with Gasteiger partial charge in [0.15, 0.2) is 5.13 Å². The Morgan fingerprint density at radius 3 is 2.47 bits per heavy atom. The summed E-state index contributed by atoms with van der Waals surface area (Å²) in [7, 11) is 0. The number of aliphatic carboxylic acids is 1. The lowest BCUT2D eigenvalue weighted by molar-refractivity contribution is -0.136. The van der Waals surface area contributed by atoms with E-state index in [1.165, 1.54) is 11.3 Å². The van der Waals surface area contributed by atoms with Crippen molar-refractivity contribution in [2.75, 3.05) is 5.32 Å². The van der Waals surface area contributed by atoms with Crippen molar-refractivity contribution in [1.82, 2.24) is 4.98 Å². The predicted molar refractivity (Wildman–Crippen MR) is 66.3 cm³/mol. The van der Waals surface area contributed by atoms with Crippen LogP contribution in [0.15, 0.2) is 0 Å². The first-order valence-corrected chi connectivity index (χ1v) is 6.01. The highest BCUT2D eigenvalue weighted by atomic mass is 32.1. The second-order valence-corrected chi connectivity index (χ2v) is 5.89. The van der Waals surface area contributed by atoms with E-state index in [2.05, 4.69) is 10.3 Å². The highest BCUT2D eigenvalue weighted by molar-refractivity contribution is 7.16. The molecule has 0 bridgehead atoms. The van der Waals surface area contributed by atoms with E-state index in [0.29, 0.717) is 15.7 Å². The number of nitrogens with zero attached hydrogens (tertiary/aromatic N) is 1. The second kappa shape index (κ2) is 4.83. The summed E-state index contributed by atoms with van der Waals surface area (Å²) in [4.78, 5) is 27.1. The van der Waals surface area contributed by atoms with Crippen molar-refractivity contribution in [3.05, 3.63) is 10.6 Å². The number of anilines is 1. The first-order valence-electron chi connectivity index (χ1n) is 5.19. The Balaban J connectivity index is 2.81. The number of carboxylic acid groups (broad SMARTS) is 1. The molecule has 1 aromatic heterocycles. The largest absolute Gasteiger partial charge is 0.481 e. The van der Waals surface area contributed by atoms with Crippen molar-refractivity contribution in [3.63, 3.8) is 0 Å². The lowest BCUT2D eigenvalue weighted by Gasteiger charge is -2.15. The fraction of sp³-hybridized carbons (Fsp3) is 0.545. The molecule has 17 heavy (non-hydrogen) atoms. The Morgan fingerprint density at radius 2 is 2.00 bits per heavy atom. The Bertz CT molecular complexity index is 446. The predicted octanol–water partition coefficient (Wildman–Crippen LogP) is 2.06. The van der Waals surface area contributed by atoms with Crippen LogP contribution in [0, 0.1) is 12.3 Å². The Labute approximate surface area is 104 Å². The van der Waals surface area contributed by atoms with Gasteiger partial charge in [0.25, 0.3) is 0 Å². The van der Waals surface area contributed by atoms with Crippen LogP contribution in [0.3, 0.4) is 0 Å². The van der Waals surface area contributed by atoms with Crippen LogP contribution in [0.25, 0.3) is 0 Å². The normalized spacial score (nSPS) is 11.3. The summed E-state index contributed by atoms with van der Waals surface area (Å²) < 4.78 is 0. The van der Waals surface area contributed by atoms with Crippen LogP contribution in [0.1, 0.15) is 31.3 Å². The summed E-state index contributed by atoms with van der Waals surface area (Å²) in [6, 6.07) is 0. The third-order valence-electron chi connectivity index (χ3n) is 2.11. The second-order valence-electron chi connectivity index (χ2n) is 4.80. The molecule has 0 aliphatic heterocycles. The summed E-state index contributed by atoms with van der Waals surface area (Å²) in [6.07, 6.45) is -0.0606. The molecule has 0 spiro atoms. The zero-order valence-electron chi connectivity index (χ0n) is 10.3. The number of aryl methyl sites for hydroxylation is 1. The molecule has 6 heteroatoms. The Kier molecular flexibility index (Phi) is 3.87. The number of carbonyl (C=O) groups is 2. The fourth-order valence-electron chi connectivity index (χ4n) is 1.07. The monoisotopic (exact) mass is 256 g/mol. The van der Waals surface area contributed by atoms with Crippen molar-refractivity contribution in [3.8, 4) is 0 Å². The third-order valence-corrected chi connectivity index (χ3v) is 3.18. The summed E-state index contributed by atoms with van der Waals surface area (Å²) in [5, 5.41) is 11.9. The number of thiazole rings is 1. The first kappa shape index (κ1) is 13.6. The van der Waals surface area contributed by atoms with E-state index in [4.69, 9.17) is 5.11 Å². The Hall–Kier alpha value is -1.43. The maximum atomic E-state index is 11.7. The molecule has 5 nitrogen and oxygen atoms in total. The standard InChI is InChI=1S/C11H16N2O3S/c1-6-7(5-8(14)15)17-10(12-6)13-9(16)11(2,3)4/h5H2,1-4H3,(H,14,15)(H,12,13,16). The van der Waals surface area contributed by atoms with Gasteiger partial charge < -0.3 is 10.4 Å². The SMILES string of the molecule is Cc1nc(NC(=O)C(C)(C)C)sc1CC(=O)O. The van der Waals surface area contributed by atoms with Crippen LogP contribution < -0.4 is 5.32 Å². The smallest absolute Gasteiger partial charge is 0.308 e. The number of hydrogen-bond donors (Lipinski definition) is 2. The molecular formula is C11H16N2O3S. The van der Waals surface area contributed by atoms with E-state index >= 15 is 0 Å². The van der Waals surface area contributed by atoms with Gasteiger partial charge in [-0.3, -0.25) is 9.59 Å². The highest BCUT2D eigenvalue weighted by Gasteiger charge is 2.22. The van der Waals surface area contributed by atoms with Crippen molar-refractivity contribution >= 4 is 28.3 Å². The van der Waals surface area contributed by atoms with Crippen molar-refractivity contribution < 1.29 is 14.7 Å². The van der Waals surface area contributed by atoms with E-state index in [-0.39, 0.29) is 12.3 Å². The fourth-order valence-corrected chi connectivity index (χ4v) is 2.02. The molecule has 0 fully saturated rings. The molecule has 94 valence electrons. The number of amides is 1. The molecule has 0 saturated heterocycles. The van der Waals surface area contributed by atoms with Gasteiger partial charge in [-0.1, -0.05) is 20.8 Å². The van der Waals surface area contributed by atoms with Crippen molar-refractivity contribution in [2.45, 2.75) is 34.1 Å². The summed E-state index contributed by atoms with van der Waals surface area (Å²) in [5.41, 5.74) is 0.161. The van der Waals surface area contributed by atoms with Crippen LogP contribution in [0.5, 0.6) is 0 Å². The van der Waals surface area contributed by atoms with Gasteiger partial charge in [0.05, 0.1) is 12.1 Å². The van der Waals surface area contributed by atoms with Gasteiger partial charge in [0.1, 0.15) is 0 Å². The molecule has 1 aromatic rings. The average molecular weight is 256 g/mol. The van der Waals surface area contributed by atoms with E-state index in [1.807, 2.05) is 0 Å². The number of carboxylic acids is 1. The van der Waals surface area contributed by atoms with Crippen molar-refractivity contribution in [2.24, 2.45) is 5.41 Å². The molecule has 0 atom stereocenters. The number of carbonyl (C=O) groups excluding carboxylic acids is 1. The average Bonchev–Trinajstić information content (AvgIpc) is 2.44. The lowest BCUT2D eigenvalue weighted by Crippen LogP contribution is -2.27. The van der Waals surface area contributed by atoms with E-state index in [1.54, 1.807) is 27.7 Å². The Morgan fingerprint density at radius 1 is 1.41 bits per heavy atom. The molecule has 0 aliphatic carbocycles. The number of hydrogen-bond acceptors (Lipinski definition) is 4. The first-order chi connectivity index (χ1) is 7.70. The minimum absolute atomic E-state index is 0.0606. The lowest BCUT2D eigenvalue weighted by atomic mass is 9.96. The third kappa shape index (κ3) is 3.81. The summed E-state index contributed by atoms with van der Waals surface area (Å²) >= 11 is 1.21. The molecule has 0 unspecified atom stereocenters. The van der Waals surface area contributed by atoms with Gasteiger partial charge in [0, 0.05) is 10.3 Å². The molecule has 0 saturated carbocycles. The number of rotatable bonds is 3. The van der Waals surface area contributed by atoms with E-state index in [9.17, 15) is 9.59 Å². The maximum absolute atomic E-state index is 11.7.